The lowest BCUT2D eigenvalue weighted by atomic mass is 9.87. The topological polar surface area (TPSA) is 51.6 Å². The molecule has 0 unspecified atom stereocenters. The smallest absolute Gasteiger partial charge is 0.160 e. The number of aromatic nitrogens is 4. The Kier molecular flexibility index (Phi) is 6.75. The Hall–Kier alpha value is -5.00. The molecule has 5 heteroatoms. The van der Waals surface area contributed by atoms with Gasteiger partial charge in [0.2, 0.25) is 0 Å². The summed E-state index contributed by atoms with van der Waals surface area (Å²) in [6, 6.07) is 38.6. The molecule has 4 heterocycles. The maximum absolute atomic E-state index is 5.26. The second-order valence-corrected chi connectivity index (χ2v) is 15.5. The summed E-state index contributed by atoms with van der Waals surface area (Å²) < 4.78 is 2.32. The molecule has 230 valence electrons. The minimum absolute atomic E-state index is 0.0577. The Morgan fingerprint density at radius 2 is 1.15 bits per heavy atom. The van der Waals surface area contributed by atoms with Gasteiger partial charge >= 0.3 is 0 Å². The van der Waals surface area contributed by atoms with E-state index in [-0.39, 0.29) is 10.8 Å². The van der Waals surface area contributed by atoms with Crippen LogP contribution in [-0.4, -0.2) is 19.9 Å². The van der Waals surface area contributed by atoms with Crippen LogP contribution in [0.5, 0.6) is 0 Å². The monoisotopic (exact) mass is 628 g/mol. The van der Waals surface area contributed by atoms with Crippen molar-refractivity contribution in [3.8, 4) is 33.8 Å². The van der Waals surface area contributed by atoms with Gasteiger partial charge in [-0.1, -0.05) is 133 Å². The molecule has 8 aromatic rings. The standard InChI is InChI=1S/C42H36N4S/c1-41(2,3)33-23-21-26-20-22-29-31(24-34(42(4,5)6)44-37(29)35(26)43-33)25-16-18-27(19-17-25)36-39-38(30-14-10-11-15-32(30)47-39)46-40(45-36)28-12-8-7-9-13-28/h7-24H,1-6H3. The van der Waals surface area contributed by atoms with Crippen LogP contribution in [0.15, 0.2) is 109 Å². The molecular formula is C42H36N4S. The van der Waals surface area contributed by atoms with E-state index in [2.05, 4.69) is 133 Å². The maximum Gasteiger partial charge on any atom is 0.160 e. The van der Waals surface area contributed by atoms with Crippen LogP contribution in [0.4, 0.5) is 0 Å². The number of hydrogen-bond donors (Lipinski definition) is 0. The summed E-state index contributed by atoms with van der Waals surface area (Å²) in [5, 5.41) is 3.38. The first-order valence-electron chi connectivity index (χ1n) is 16.2. The first kappa shape index (κ1) is 29.4. The van der Waals surface area contributed by atoms with E-state index in [1.165, 1.54) is 10.1 Å². The van der Waals surface area contributed by atoms with E-state index < -0.39 is 0 Å². The van der Waals surface area contributed by atoms with Gasteiger partial charge in [-0.25, -0.2) is 19.9 Å². The van der Waals surface area contributed by atoms with Crippen LogP contribution in [0.1, 0.15) is 52.9 Å². The number of benzene rings is 4. The van der Waals surface area contributed by atoms with Crippen LogP contribution in [0, 0.1) is 0 Å². The fourth-order valence-corrected chi connectivity index (χ4v) is 7.38. The van der Waals surface area contributed by atoms with E-state index in [1.54, 1.807) is 11.3 Å². The molecule has 0 saturated carbocycles. The van der Waals surface area contributed by atoms with Crippen molar-refractivity contribution in [3.63, 3.8) is 0 Å². The SMILES string of the molecule is CC(C)(C)c1ccc2ccc3c(-c4ccc(-c5nc(-c6ccccc6)nc6c5sc5ccccc56)cc4)cc(C(C)(C)C)nc3c2n1. The van der Waals surface area contributed by atoms with Gasteiger partial charge in [0.05, 0.1) is 26.9 Å². The molecule has 8 rings (SSSR count). The summed E-state index contributed by atoms with van der Waals surface area (Å²) in [5.74, 6) is 0.740. The summed E-state index contributed by atoms with van der Waals surface area (Å²) >= 11 is 1.76. The van der Waals surface area contributed by atoms with Crippen molar-refractivity contribution in [1.82, 2.24) is 19.9 Å². The minimum Gasteiger partial charge on any atom is -0.250 e. The van der Waals surface area contributed by atoms with Crippen molar-refractivity contribution in [2.45, 2.75) is 52.4 Å². The lowest BCUT2D eigenvalue weighted by molar-refractivity contribution is 0.570. The van der Waals surface area contributed by atoms with Gasteiger partial charge in [0.25, 0.3) is 0 Å². The van der Waals surface area contributed by atoms with Gasteiger partial charge in [-0.15, -0.1) is 11.3 Å². The molecule has 0 saturated heterocycles. The summed E-state index contributed by atoms with van der Waals surface area (Å²) in [6.45, 7) is 13.3. The lowest BCUT2D eigenvalue weighted by Crippen LogP contribution is -2.15. The zero-order valence-electron chi connectivity index (χ0n) is 27.6. The first-order chi connectivity index (χ1) is 22.5. The van der Waals surface area contributed by atoms with Gasteiger partial charge in [0.1, 0.15) is 0 Å². The summed E-state index contributed by atoms with van der Waals surface area (Å²) in [7, 11) is 0. The Morgan fingerprint density at radius 1 is 0.489 bits per heavy atom. The third-order valence-corrected chi connectivity index (χ3v) is 10.1. The molecule has 0 aliphatic heterocycles. The van der Waals surface area contributed by atoms with E-state index in [0.29, 0.717) is 0 Å². The third-order valence-electron chi connectivity index (χ3n) is 8.90. The molecule has 0 atom stereocenters. The van der Waals surface area contributed by atoms with Gasteiger partial charge in [-0.2, -0.15) is 0 Å². The van der Waals surface area contributed by atoms with Crippen molar-refractivity contribution >= 4 is 53.4 Å². The Labute approximate surface area is 279 Å². The molecule has 0 fully saturated rings. The van der Waals surface area contributed by atoms with E-state index in [1.807, 2.05) is 18.2 Å². The van der Waals surface area contributed by atoms with E-state index in [0.717, 1.165) is 77.2 Å². The summed E-state index contributed by atoms with van der Waals surface area (Å²) in [6.07, 6.45) is 0. The van der Waals surface area contributed by atoms with Crippen molar-refractivity contribution in [2.75, 3.05) is 0 Å². The number of fused-ring (bicyclic) bond motifs is 6. The molecular weight excluding hydrogens is 593 g/mol. The lowest BCUT2D eigenvalue weighted by Gasteiger charge is -2.22. The minimum atomic E-state index is -0.131. The fourth-order valence-electron chi connectivity index (χ4n) is 6.22. The molecule has 0 amide bonds. The number of nitrogens with zero attached hydrogens (tertiary/aromatic N) is 4. The number of thiophene rings is 1. The van der Waals surface area contributed by atoms with Crippen molar-refractivity contribution in [2.24, 2.45) is 0 Å². The third kappa shape index (κ3) is 5.15. The zero-order chi connectivity index (χ0) is 32.5. The van der Waals surface area contributed by atoms with Crippen LogP contribution < -0.4 is 0 Å². The highest BCUT2D eigenvalue weighted by Crippen LogP contribution is 2.41. The zero-order valence-corrected chi connectivity index (χ0v) is 28.4. The predicted octanol–water partition coefficient (Wildman–Crippen LogP) is 11.5. The molecule has 0 aliphatic carbocycles. The highest BCUT2D eigenvalue weighted by atomic mass is 32.1. The average Bonchev–Trinajstić information content (AvgIpc) is 3.45. The summed E-state index contributed by atoms with van der Waals surface area (Å²) in [5.41, 5.74) is 10.2. The van der Waals surface area contributed by atoms with Crippen molar-refractivity contribution < 1.29 is 0 Å². The quantitative estimate of drug-likeness (QED) is 0.183. The number of pyridine rings is 2. The number of hydrogen-bond acceptors (Lipinski definition) is 5. The molecule has 0 N–H and O–H groups in total. The molecule has 47 heavy (non-hydrogen) atoms. The highest BCUT2D eigenvalue weighted by Gasteiger charge is 2.22. The molecule has 0 radical (unpaired) electrons. The van der Waals surface area contributed by atoms with Gasteiger partial charge in [0.15, 0.2) is 5.82 Å². The Morgan fingerprint density at radius 3 is 1.89 bits per heavy atom. The molecule has 4 aromatic heterocycles. The van der Waals surface area contributed by atoms with Crippen LogP contribution in [0.2, 0.25) is 0 Å². The second kappa shape index (κ2) is 10.8. The van der Waals surface area contributed by atoms with Gasteiger partial charge in [-0.05, 0) is 29.3 Å². The average molecular weight is 629 g/mol. The highest BCUT2D eigenvalue weighted by molar-refractivity contribution is 7.26. The van der Waals surface area contributed by atoms with Crippen molar-refractivity contribution in [3.05, 3.63) is 121 Å². The van der Waals surface area contributed by atoms with E-state index in [4.69, 9.17) is 19.9 Å². The largest absolute Gasteiger partial charge is 0.250 e. The number of rotatable bonds is 3. The summed E-state index contributed by atoms with van der Waals surface area (Å²) in [4.78, 5) is 20.7. The van der Waals surface area contributed by atoms with Crippen molar-refractivity contribution in [1.29, 1.82) is 0 Å². The molecule has 4 nitrogen and oxygen atoms in total. The van der Waals surface area contributed by atoms with E-state index in [9.17, 15) is 0 Å². The molecule has 0 spiro atoms. The molecule has 0 aliphatic rings. The van der Waals surface area contributed by atoms with Gasteiger partial charge < -0.3 is 0 Å². The maximum atomic E-state index is 5.26. The molecule has 4 aromatic carbocycles. The van der Waals surface area contributed by atoms with Crippen LogP contribution in [-0.2, 0) is 10.8 Å². The Balaban J connectivity index is 1.32. The first-order valence-corrected chi connectivity index (χ1v) is 17.0. The normalized spacial score (nSPS) is 12.5. The van der Waals surface area contributed by atoms with Gasteiger partial charge in [-0.3, -0.25) is 0 Å². The Bertz CT molecular complexity index is 2460. The van der Waals surface area contributed by atoms with Crippen LogP contribution in [0.3, 0.4) is 0 Å². The van der Waals surface area contributed by atoms with E-state index >= 15 is 0 Å². The van der Waals surface area contributed by atoms with Crippen LogP contribution in [0.25, 0.3) is 75.9 Å². The van der Waals surface area contributed by atoms with Gasteiger partial charge in [0, 0.05) is 54.2 Å². The van der Waals surface area contributed by atoms with Crippen LogP contribution >= 0.6 is 11.3 Å². The second-order valence-electron chi connectivity index (χ2n) is 14.4. The predicted molar refractivity (Wildman–Crippen MR) is 199 cm³/mol. The molecule has 0 bridgehead atoms. The fraction of sp³-hybridized carbons (Fsp3) is 0.190.